The van der Waals surface area contributed by atoms with Crippen LogP contribution in [0.4, 0.5) is 0 Å². The van der Waals surface area contributed by atoms with E-state index in [4.69, 9.17) is 14.9 Å². The lowest BCUT2D eigenvalue weighted by atomic mass is 9.97. The van der Waals surface area contributed by atoms with Gasteiger partial charge in [0.2, 0.25) is 0 Å². The van der Waals surface area contributed by atoms with Gasteiger partial charge in [0.25, 0.3) is 0 Å². The van der Waals surface area contributed by atoms with Crippen molar-refractivity contribution in [3.8, 4) is 5.75 Å². The summed E-state index contributed by atoms with van der Waals surface area (Å²) in [5.41, 5.74) is 1.22. The molecule has 1 aromatic carbocycles. The van der Waals surface area contributed by atoms with Crippen molar-refractivity contribution >= 4 is 11.9 Å². The topological polar surface area (TPSA) is 83.8 Å². The van der Waals surface area contributed by atoms with Gasteiger partial charge in [-0.2, -0.15) is 0 Å². The van der Waals surface area contributed by atoms with Crippen LogP contribution in [0.3, 0.4) is 0 Å². The Hall–Kier alpha value is -2.04. The van der Waals surface area contributed by atoms with Gasteiger partial charge in [-0.1, -0.05) is 25.0 Å². The maximum atomic E-state index is 10.9. The number of carboxylic acid groups (broad SMARTS) is 2. The van der Waals surface area contributed by atoms with E-state index in [1.54, 1.807) is 7.11 Å². The van der Waals surface area contributed by atoms with Crippen LogP contribution < -0.4 is 4.74 Å². The van der Waals surface area contributed by atoms with Crippen molar-refractivity contribution in [1.82, 2.24) is 0 Å². The summed E-state index contributed by atoms with van der Waals surface area (Å²) in [6.07, 6.45) is 3.65. The van der Waals surface area contributed by atoms with Crippen LogP contribution in [0.1, 0.15) is 37.7 Å². The highest BCUT2D eigenvalue weighted by Gasteiger charge is 2.20. The summed E-state index contributed by atoms with van der Waals surface area (Å²) in [5, 5.41) is 17.6. The van der Waals surface area contributed by atoms with E-state index in [0.717, 1.165) is 31.4 Å². The summed E-state index contributed by atoms with van der Waals surface area (Å²) in [4.78, 5) is 21.5. The van der Waals surface area contributed by atoms with Gasteiger partial charge in [-0.25, -0.2) is 0 Å². The maximum absolute atomic E-state index is 10.9. The third kappa shape index (κ3) is 6.79. The predicted octanol–water partition coefficient (Wildman–Crippen LogP) is 2.97. The molecule has 0 bridgehead atoms. The minimum atomic E-state index is -1.05. The van der Waals surface area contributed by atoms with Crippen molar-refractivity contribution in [1.29, 1.82) is 0 Å². The lowest BCUT2D eigenvalue weighted by Crippen LogP contribution is -2.17. The first-order valence-corrected chi connectivity index (χ1v) is 7.10. The number of hydrogen-bond acceptors (Lipinski definition) is 3. The van der Waals surface area contributed by atoms with Gasteiger partial charge < -0.3 is 14.9 Å². The predicted molar refractivity (Wildman–Crippen MR) is 78.5 cm³/mol. The van der Waals surface area contributed by atoms with Crippen molar-refractivity contribution < 1.29 is 24.5 Å². The SMILES string of the molecule is COc1ccc(CCCCC[C@H](CC(=O)O)C(=O)O)cc1. The number of unbranched alkanes of at least 4 members (excludes halogenated alkanes) is 2. The Labute approximate surface area is 124 Å². The fraction of sp³-hybridized carbons (Fsp3) is 0.500. The number of aliphatic carboxylic acids is 2. The minimum Gasteiger partial charge on any atom is -0.497 e. The Balaban J connectivity index is 2.23. The summed E-state index contributed by atoms with van der Waals surface area (Å²) in [7, 11) is 1.63. The van der Waals surface area contributed by atoms with Crippen molar-refractivity contribution in [3.63, 3.8) is 0 Å². The molecule has 0 spiro atoms. The second-order valence-corrected chi connectivity index (χ2v) is 5.08. The van der Waals surface area contributed by atoms with Crippen LogP contribution in [-0.4, -0.2) is 29.3 Å². The van der Waals surface area contributed by atoms with Crippen LogP contribution in [-0.2, 0) is 16.0 Å². The molecule has 0 fully saturated rings. The molecule has 0 unspecified atom stereocenters. The Morgan fingerprint density at radius 3 is 2.29 bits per heavy atom. The van der Waals surface area contributed by atoms with Crippen molar-refractivity contribution in [2.24, 2.45) is 5.92 Å². The van der Waals surface area contributed by atoms with Crippen LogP contribution in [0.2, 0.25) is 0 Å². The van der Waals surface area contributed by atoms with E-state index in [9.17, 15) is 9.59 Å². The number of carboxylic acids is 2. The molecule has 21 heavy (non-hydrogen) atoms. The molecule has 0 saturated heterocycles. The fourth-order valence-electron chi connectivity index (χ4n) is 2.21. The summed E-state index contributed by atoms with van der Waals surface area (Å²) < 4.78 is 5.09. The van der Waals surface area contributed by atoms with Crippen LogP contribution in [0.5, 0.6) is 5.75 Å². The molecule has 5 heteroatoms. The lowest BCUT2D eigenvalue weighted by Gasteiger charge is -2.09. The van der Waals surface area contributed by atoms with E-state index in [1.165, 1.54) is 5.56 Å². The number of methoxy groups -OCH3 is 1. The van der Waals surface area contributed by atoms with Crippen LogP contribution >= 0.6 is 0 Å². The monoisotopic (exact) mass is 294 g/mol. The molecule has 1 rings (SSSR count). The Kier molecular flexibility index (Phi) is 7.29. The molecule has 2 N–H and O–H groups in total. The normalized spacial score (nSPS) is 11.9. The molecule has 0 radical (unpaired) electrons. The highest BCUT2D eigenvalue weighted by Crippen LogP contribution is 2.17. The second-order valence-electron chi connectivity index (χ2n) is 5.08. The zero-order valence-electron chi connectivity index (χ0n) is 12.2. The van der Waals surface area contributed by atoms with E-state index < -0.39 is 17.9 Å². The quantitative estimate of drug-likeness (QED) is 0.648. The Morgan fingerprint density at radius 2 is 1.76 bits per heavy atom. The highest BCUT2D eigenvalue weighted by molar-refractivity contribution is 5.77. The standard InChI is InChI=1S/C16H22O5/c1-21-14-9-7-12(8-10-14)5-3-2-4-6-13(16(19)20)11-15(17)18/h7-10,13H,2-6,11H2,1H3,(H,17,18)(H,19,20)/t13-/m1/s1. The van der Waals surface area contributed by atoms with Crippen LogP contribution in [0, 0.1) is 5.92 Å². The molecule has 0 amide bonds. The average molecular weight is 294 g/mol. The van der Waals surface area contributed by atoms with Crippen molar-refractivity contribution in [3.05, 3.63) is 29.8 Å². The molecule has 0 aliphatic rings. The van der Waals surface area contributed by atoms with Crippen molar-refractivity contribution in [2.45, 2.75) is 38.5 Å². The molecule has 1 atom stereocenters. The average Bonchev–Trinajstić information content (AvgIpc) is 2.45. The lowest BCUT2D eigenvalue weighted by molar-refractivity contribution is -0.148. The third-order valence-corrected chi connectivity index (χ3v) is 3.45. The Morgan fingerprint density at radius 1 is 1.10 bits per heavy atom. The molecule has 0 heterocycles. The molecule has 5 nitrogen and oxygen atoms in total. The first-order valence-electron chi connectivity index (χ1n) is 7.10. The highest BCUT2D eigenvalue weighted by atomic mass is 16.5. The first kappa shape index (κ1) is 17.0. The van der Waals surface area contributed by atoms with E-state index in [2.05, 4.69) is 0 Å². The van der Waals surface area contributed by atoms with Crippen molar-refractivity contribution in [2.75, 3.05) is 7.11 Å². The molecule has 116 valence electrons. The number of aryl methyl sites for hydroxylation is 1. The van der Waals surface area contributed by atoms with Gasteiger partial charge in [-0.3, -0.25) is 9.59 Å². The Bertz CT molecular complexity index is 452. The summed E-state index contributed by atoms with van der Waals surface area (Å²) in [5.74, 6) is -2.02. The summed E-state index contributed by atoms with van der Waals surface area (Å²) >= 11 is 0. The van der Waals surface area contributed by atoms with Gasteiger partial charge in [-0.15, -0.1) is 0 Å². The molecule has 0 saturated carbocycles. The largest absolute Gasteiger partial charge is 0.497 e. The van der Waals surface area contributed by atoms with Gasteiger partial charge in [0.05, 0.1) is 19.4 Å². The van der Waals surface area contributed by atoms with Gasteiger partial charge in [0, 0.05) is 0 Å². The summed E-state index contributed by atoms with van der Waals surface area (Å²) in [6, 6.07) is 7.87. The molecule has 0 aromatic heterocycles. The molecule has 1 aromatic rings. The van der Waals surface area contributed by atoms with Gasteiger partial charge in [0.15, 0.2) is 0 Å². The zero-order valence-corrected chi connectivity index (χ0v) is 12.2. The smallest absolute Gasteiger partial charge is 0.307 e. The van der Waals surface area contributed by atoms with Crippen LogP contribution in [0.25, 0.3) is 0 Å². The third-order valence-electron chi connectivity index (χ3n) is 3.45. The van der Waals surface area contributed by atoms with Gasteiger partial charge >= 0.3 is 11.9 Å². The van der Waals surface area contributed by atoms with Crippen LogP contribution in [0.15, 0.2) is 24.3 Å². The fourth-order valence-corrected chi connectivity index (χ4v) is 2.21. The number of hydrogen-bond donors (Lipinski definition) is 2. The van der Waals surface area contributed by atoms with Gasteiger partial charge in [0.1, 0.15) is 5.75 Å². The maximum Gasteiger partial charge on any atom is 0.307 e. The van der Waals surface area contributed by atoms with E-state index in [1.807, 2.05) is 24.3 Å². The number of carbonyl (C=O) groups is 2. The first-order chi connectivity index (χ1) is 10.0. The van der Waals surface area contributed by atoms with E-state index >= 15 is 0 Å². The van der Waals surface area contributed by atoms with Gasteiger partial charge in [-0.05, 0) is 37.0 Å². The molecular weight excluding hydrogens is 272 g/mol. The minimum absolute atomic E-state index is 0.298. The number of benzene rings is 1. The molecule has 0 aliphatic carbocycles. The molecular formula is C16H22O5. The summed E-state index contributed by atoms with van der Waals surface area (Å²) in [6.45, 7) is 0. The number of ether oxygens (including phenoxy) is 1. The van der Waals surface area contributed by atoms with E-state index in [0.29, 0.717) is 6.42 Å². The molecule has 0 aliphatic heterocycles. The van der Waals surface area contributed by atoms with E-state index in [-0.39, 0.29) is 6.42 Å². The zero-order chi connectivity index (χ0) is 15.7. The number of rotatable bonds is 10. The second kappa shape index (κ2) is 9.00.